The third kappa shape index (κ3) is 1.51. The minimum Gasteiger partial charge on any atom is -0.0623 e. The molecule has 0 saturated heterocycles. The fraction of sp³-hybridized carbons (Fsp3) is 0.0400. The van der Waals surface area contributed by atoms with Gasteiger partial charge in [0.25, 0.3) is 0 Å². The lowest BCUT2D eigenvalue weighted by molar-refractivity contribution is 1.49. The summed E-state index contributed by atoms with van der Waals surface area (Å²) in [6, 6.07) is 34.4. The van der Waals surface area contributed by atoms with E-state index in [1.54, 1.807) is 20.7 Å². The van der Waals surface area contributed by atoms with E-state index in [0.717, 1.165) is 0 Å². The standard InChI is InChI=1S/C25H18Si/c1-17-14-15-21-20-10-4-7-13-24(20)26(25(21)16-17)22-11-5-2-8-18(22)19-9-3-6-12-23(19)26/h2-16H,1H3. The molecule has 4 aromatic rings. The zero-order valence-corrected chi connectivity index (χ0v) is 15.7. The maximum absolute atomic E-state index is 2.46. The van der Waals surface area contributed by atoms with Crippen LogP contribution in [0.2, 0.25) is 0 Å². The molecule has 122 valence electrons. The van der Waals surface area contributed by atoms with E-state index < -0.39 is 8.07 Å². The monoisotopic (exact) mass is 346 g/mol. The summed E-state index contributed by atoms with van der Waals surface area (Å²) in [7, 11) is -2.18. The van der Waals surface area contributed by atoms with Crippen molar-refractivity contribution in [2.24, 2.45) is 0 Å². The Morgan fingerprint density at radius 2 is 0.885 bits per heavy atom. The van der Waals surface area contributed by atoms with E-state index in [2.05, 4.69) is 97.9 Å². The van der Waals surface area contributed by atoms with Gasteiger partial charge >= 0.3 is 0 Å². The zero-order valence-electron chi connectivity index (χ0n) is 14.7. The summed E-state index contributed by atoms with van der Waals surface area (Å²) in [6.07, 6.45) is 0. The largest absolute Gasteiger partial charge is 0.182 e. The van der Waals surface area contributed by atoms with Crippen molar-refractivity contribution in [1.82, 2.24) is 0 Å². The molecular formula is C25H18Si. The van der Waals surface area contributed by atoms with Crippen LogP contribution in [0.1, 0.15) is 5.56 Å². The lowest BCUT2D eigenvalue weighted by Gasteiger charge is -2.27. The molecule has 0 N–H and O–H groups in total. The van der Waals surface area contributed by atoms with Crippen LogP contribution < -0.4 is 20.7 Å². The molecule has 26 heavy (non-hydrogen) atoms. The molecule has 4 aromatic carbocycles. The van der Waals surface area contributed by atoms with Gasteiger partial charge in [0.2, 0.25) is 0 Å². The second-order valence-electron chi connectivity index (χ2n) is 7.44. The molecule has 0 radical (unpaired) electrons. The number of rotatable bonds is 0. The molecule has 0 amide bonds. The van der Waals surface area contributed by atoms with Crippen LogP contribution >= 0.6 is 0 Å². The Kier molecular flexibility index (Phi) is 2.66. The molecule has 0 nitrogen and oxygen atoms in total. The number of hydrogen-bond acceptors (Lipinski definition) is 0. The second kappa shape index (κ2) is 4.84. The molecule has 0 aliphatic carbocycles. The Hall–Kier alpha value is -2.90. The van der Waals surface area contributed by atoms with Gasteiger partial charge in [-0.3, -0.25) is 0 Å². The summed E-state index contributed by atoms with van der Waals surface area (Å²) in [5.74, 6) is 0. The van der Waals surface area contributed by atoms with Gasteiger partial charge in [0.15, 0.2) is 8.07 Å². The molecule has 0 unspecified atom stereocenters. The summed E-state index contributed by atoms with van der Waals surface area (Å²) >= 11 is 0. The topological polar surface area (TPSA) is 0 Å². The molecule has 0 aromatic heterocycles. The Labute approximate surface area is 154 Å². The van der Waals surface area contributed by atoms with E-state index in [0.29, 0.717) is 0 Å². The van der Waals surface area contributed by atoms with E-state index in [1.165, 1.54) is 27.8 Å². The molecule has 6 rings (SSSR count). The number of aryl methyl sites for hydroxylation is 1. The van der Waals surface area contributed by atoms with Gasteiger partial charge in [-0.05, 0) is 49.9 Å². The Morgan fingerprint density at radius 3 is 1.38 bits per heavy atom. The number of hydrogen-bond donors (Lipinski definition) is 0. The van der Waals surface area contributed by atoms with Crippen molar-refractivity contribution in [3.8, 4) is 22.3 Å². The molecule has 0 saturated carbocycles. The first-order valence-corrected chi connectivity index (χ1v) is 11.2. The molecule has 0 bridgehead atoms. The average Bonchev–Trinajstić information content (AvgIpc) is 3.15. The Morgan fingerprint density at radius 1 is 0.462 bits per heavy atom. The summed E-state index contributed by atoms with van der Waals surface area (Å²) < 4.78 is 0. The summed E-state index contributed by atoms with van der Waals surface area (Å²) in [5.41, 5.74) is 7.08. The maximum atomic E-state index is 2.46. The first kappa shape index (κ1) is 14.3. The predicted octanol–water partition coefficient (Wildman–Crippen LogP) is 3.33. The lowest BCUT2D eigenvalue weighted by Crippen LogP contribution is -2.70. The van der Waals surface area contributed by atoms with Crippen molar-refractivity contribution in [3.05, 3.63) is 96.6 Å². The molecule has 2 aliphatic rings. The van der Waals surface area contributed by atoms with Crippen LogP contribution in [0.4, 0.5) is 0 Å². The van der Waals surface area contributed by atoms with E-state index >= 15 is 0 Å². The number of benzene rings is 4. The van der Waals surface area contributed by atoms with E-state index in [1.807, 2.05) is 0 Å². The minimum absolute atomic E-state index is 1.35. The highest BCUT2D eigenvalue weighted by atomic mass is 28.3. The first-order valence-electron chi connectivity index (χ1n) is 9.22. The van der Waals surface area contributed by atoms with Crippen molar-refractivity contribution < 1.29 is 0 Å². The Balaban J connectivity index is 1.88. The fourth-order valence-corrected chi connectivity index (χ4v) is 10.9. The van der Waals surface area contributed by atoms with Crippen LogP contribution in [-0.4, -0.2) is 8.07 Å². The normalized spacial score (nSPS) is 14.7. The molecular weight excluding hydrogens is 328 g/mol. The van der Waals surface area contributed by atoms with Crippen molar-refractivity contribution in [2.75, 3.05) is 0 Å². The highest BCUT2D eigenvalue weighted by molar-refractivity contribution is 7.24. The van der Waals surface area contributed by atoms with E-state index in [9.17, 15) is 0 Å². The van der Waals surface area contributed by atoms with Crippen molar-refractivity contribution in [3.63, 3.8) is 0 Å². The molecule has 0 atom stereocenters. The van der Waals surface area contributed by atoms with Gasteiger partial charge in [-0.25, -0.2) is 0 Å². The highest BCUT2D eigenvalue weighted by Gasteiger charge is 2.53. The molecule has 2 heterocycles. The average molecular weight is 347 g/mol. The van der Waals surface area contributed by atoms with Crippen LogP contribution in [0.25, 0.3) is 22.3 Å². The third-order valence-corrected chi connectivity index (χ3v) is 11.1. The van der Waals surface area contributed by atoms with Gasteiger partial charge in [-0.15, -0.1) is 0 Å². The van der Waals surface area contributed by atoms with E-state index in [-0.39, 0.29) is 0 Å². The van der Waals surface area contributed by atoms with Crippen molar-refractivity contribution in [2.45, 2.75) is 6.92 Å². The van der Waals surface area contributed by atoms with Gasteiger partial charge in [0, 0.05) is 0 Å². The zero-order chi connectivity index (χ0) is 17.3. The van der Waals surface area contributed by atoms with Crippen LogP contribution in [0.5, 0.6) is 0 Å². The molecule has 1 heteroatoms. The maximum Gasteiger partial charge on any atom is 0.182 e. The van der Waals surface area contributed by atoms with Gasteiger partial charge in [0.05, 0.1) is 0 Å². The minimum atomic E-state index is -2.18. The third-order valence-electron chi connectivity index (χ3n) is 6.15. The van der Waals surface area contributed by atoms with Gasteiger partial charge in [-0.1, -0.05) is 96.6 Å². The van der Waals surface area contributed by atoms with Gasteiger partial charge < -0.3 is 0 Å². The fourth-order valence-electron chi connectivity index (χ4n) is 5.21. The summed E-state index contributed by atoms with van der Waals surface area (Å²) in [5, 5.41) is 6.23. The smallest absolute Gasteiger partial charge is 0.0623 e. The quantitative estimate of drug-likeness (QED) is 0.370. The van der Waals surface area contributed by atoms with Crippen LogP contribution in [0.15, 0.2) is 91.0 Å². The van der Waals surface area contributed by atoms with E-state index in [4.69, 9.17) is 0 Å². The Bertz CT molecular complexity index is 1140. The van der Waals surface area contributed by atoms with Crippen molar-refractivity contribution >= 4 is 28.8 Å². The van der Waals surface area contributed by atoms with Gasteiger partial charge in [0.1, 0.15) is 0 Å². The molecule has 0 fully saturated rings. The van der Waals surface area contributed by atoms with Crippen LogP contribution in [0, 0.1) is 6.92 Å². The second-order valence-corrected chi connectivity index (χ2v) is 11.1. The number of fused-ring (bicyclic) bond motifs is 10. The molecule has 2 aliphatic heterocycles. The SMILES string of the molecule is Cc1ccc2c(c1)[Si]1(c3ccccc3-c3ccccc31)c1ccccc1-2. The van der Waals surface area contributed by atoms with Crippen LogP contribution in [-0.2, 0) is 0 Å². The lowest BCUT2D eigenvalue weighted by atomic mass is 10.0. The van der Waals surface area contributed by atoms with Gasteiger partial charge in [-0.2, -0.15) is 0 Å². The summed E-state index contributed by atoms with van der Waals surface area (Å²) in [6.45, 7) is 2.22. The summed E-state index contributed by atoms with van der Waals surface area (Å²) in [4.78, 5) is 0. The first-order chi connectivity index (χ1) is 12.8. The predicted molar refractivity (Wildman–Crippen MR) is 113 cm³/mol. The molecule has 1 spiro atoms. The van der Waals surface area contributed by atoms with Crippen LogP contribution in [0.3, 0.4) is 0 Å². The highest BCUT2D eigenvalue weighted by Crippen LogP contribution is 2.35. The van der Waals surface area contributed by atoms with Crippen molar-refractivity contribution in [1.29, 1.82) is 0 Å².